The van der Waals surface area contributed by atoms with Crippen molar-refractivity contribution in [2.75, 3.05) is 0 Å². The summed E-state index contributed by atoms with van der Waals surface area (Å²) < 4.78 is 42.3. The molecule has 0 spiro atoms. The summed E-state index contributed by atoms with van der Waals surface area (Å²) in [5.74, 6) is -2.85. The first kappa shape index (κ1) is 18.0. The highest BCUT2D eigenvalue weighted by Gasteiger charge is 2.15. The van der Waals surface area contributed by atoms with Gasteiger partial charge in [0.2, 0.25) is 0 Å². The number of halogens is 4. The second-order valence-corrected chi connectivity index (χ2v) is 5.97. The van der Waals surface area contributed by atoms with Gasteiger partial charge in [-0.3, -0.25) is 4.79 Å². The van der Waals surface area contributed by atoms with Gasteiger partial charge >= 0.3 is 0 Å². The van der Waals surface area contributed by atoms with E-state index < -0.39 is 23.4 Å². The lowest BCUT2D eigenvalue weighted by Crippen LogP contribution is -2.23. The average molecular weight is 380 g/mol. The Balaban J connectivity index is 1.74. The summed E-state index contributed by atoms with van der Waals surface area (Å²) in [7, 11) is 0. The largest absolute Gasteiger partial charge is 0.348 e. The van der Waals surface area contributed by atoms with Gasteiger partial charge in [0, 0.05) is 18.9 Å². The van der Waals surface area contributed by atoms with E-state index in [-0.39, 0.29) is 17.1 Å². The fourth-order valence-corrected chi connectivity index (χ4v) is 2.70. The van der Waals surface area contributed by atoms with Crippen LogP contribution in [0.25, 0.3) is 5.69 Å². The number of aryl methyl sites for hydroxylation is 1. The highest BCUT2D eigenvalue weighted by atomic mass is 35.5. The molecule has 3 aromatic rings. The van der Waals surface area contributed by atoms with Gasteiger partial charge in [0.05, 0.1) is 16.3 Å². The number of hydrogen-bond donors (Lipinski definition) is 1. The second-order valence-electron chi connectivity index (χ2n) is 5.56. The first-order valence-corrected chi connectivity index (χ1v) is 7.96. The molecule has 0 fully saturated rings. The molecule has 0 atom stereocenters. The van der Waals surface area contributed by atoms with Crippen LogP contribution in [0.2, 0.25) is 5.02 Å². The van der Waals surface area contributed by atoms with Gasteiger partial charge in [0.15, 0.2) is 11.6 Å². The topological polar surface area (TPSA) is 46.9 Å². The molecule has 0 saturated heterocycles. The van der Waals surface area contributed by atoms with Crippen molar-refractivity contribution in [1.29, 1.82) is 0 Å². The smallest absolute Gasteiger partial charge is 0.253 e. The van der Waals surface area contributed by atoms with Gasteiger partial charge < -0.3 is 9.88 Å². The summed E-state index contributed by atoms with van der Waals surface area (Å²) in [6, 6.07) is 5.94. The third kappa shape index (κ3) is 3.57. The number of aromatic nitrogens is 2. The van der Waals surface area contributed by atoms with Crippen LogP contribution in [0, 0.1) is 24.4 Å². The highest BCUT2D eigenvalue weighted by molar-refractivity contribution is 6.33. The van der Waals surface area contributed by atoms with E-state index in [1.165, 1.54) is 6.07 Å². The standard InChI is InChI=1S/C18H13ClF3N3O/c1-10-23-4-5-25(10)17-3-2-11(6-16(17)22)9-24-18(26)12-7-14(20)15(21)8-13(12)19/h2-8H,9H2,1H3,(H,24,26). The molecule has 0 aliphatic rings. The molecule has 1 heterocycles. The van der Waals surface area contributed by atoms with Gasteiger partial charge in [-0.25, -0.2) is 18.2 Å². The van der Waals surface area contributed by atoms with E-state index in [9.17, 15) is 18.0 Å². The van der Waals surface area contributed by atoms with Crippen LogP contribution in [0.1, 0.15) is 21.7 Å². The SMILES string of the molecule is Cc1nccn1-c1ccc(CNC(=O)c2cc(F)c(F)cc2Cl)cc1F. The van der Waals surface area contributed by atoms with Crippen LogP contribution in [-0.4, -0.2) is 15.5 Å². The summed E-state index contributed by atoms with van der Waals surface area (Å²) in [5, 5.41) is 2.29. The zero-order valence-corrected chi connectivity index (χ0v) is 14.3. The highest BCUT2D eigenvalue weighted by Crippen LogP contribution is 2.20. The van der Waals surface area contributed by atoms with Crippen molar-refractivity contribution in [3.05, 3.63) is 82.2 Å². The molecular weight excluding hydrogens is 367 g/mol. The molecule has 1 amide bonds. The van der Waals surface area contributed by atoms with Crippen molar-refractivity contribution >= 4 is 17.5 Å². The fourth-order valence-electron chi connectivity index (χ4n) is 2.46. The third-order valence-corrected chi connectivity index (χ3v) is 4.12. The van der Waals surface area contributed by atoms with Crippen molar-refractivity contribution in [1.82, 2.24) is 14.9 Å². The minimum absolute atomic E-state index is 0.00569. The monoisotopic (exact) mass is 379 g/mol. The van der Waals surface area contributed by atoms with Gasteiger partial charge in [0.1, 0.15) is 11.6 Å². The number of amides is 1. The van der Waals surface area contributed by atoms with Gasteiger partial charge in [-0.15, -0.1) is 0 Å². The maximum Gasteiger partial charge on any atom is 0.253 e. The summed E-state index contributed by atoms with van der Waals surface area (Å²) in [4.78, 5) is 16.1. The third-order valence-electron chi connectivity index (χ3n) is 3.81. The van der Waals surface area contributed by atoms with Crippen LogP contribution < -0.4 is 5.32 Å². The van der Waals surface area contributed by atoms with Crippen molar-refractivity contribution in [2.45, 2.75) is 13.5 Å². The molecule has 1 N–H and O–H groups in total. The molecule has 1 aromatic heterocycles. The van der Waals surface area contributed by atoms with E-state index in [0.29, 0.717) is 17.1 Å². The maximum absolute atomic E-state index is 14.3. The molecule has 0 radical (unpaired) electrons. The predicted octanol–water partition coefficient (Wildman–Crippen LogP) is 4.18. The number of nitrogens with zero attached hydrogens (tertiary/aromatic N) is 2. The zero-order chi connectivity index (χ0) is 18.8. The van der Waals surface area contributed by atoms with Gasteiger partial charge in [-0.1, -0.05) is 17.7 Å². The summed E-state index contributed by atoms with van der Waals surface area (Å²) in [6.45, 7) is 1.74. The molecule has 3 rings (SSSR count). The fraction of sp³-hybridized carbons (Fsp3) is 0.111. The van der Waals surface area contributed by atoms with E-state index in [0.717, 1.165) is 12.1 Å². The average Bonchev–Trinajstić information content (AvgIpc) is 3.02. The summed E-state index contributed by atoms with van der Waals surface area (Å²) in [6.07, 6.45) is 3.20. The minimum atomic E-state index is -1.18. The molecule has 0 bridgehead atoms. The molecular formula is C18H13ClF3N3O. The Kier molecular flexibility index (Phi) is 4.99. The number of benzene rings is 2. The van der Waals surface area contributed by atoms with Crippen LogP contribution in [0.5, 0.6) is 0 Å². The van der Waals surface area contributed by atoms with E-state index in [2.05, 4.69) is 10.3 Å². The Labute approximate surface area is 152 Å². The Morgan fingerprint density at radius 2 is 1.88 bits per heavy atom. The quantitative estimate of drug-likeness (QED) is 0.691. The van der Waals surface area contributed by atoms with Crippen LogP contribution in [0.15, 0.2) is 42.7 Å². The molecule has 0 saturated carbocycles. The Morgan fingerprint density at radius 1 is 1.15 bits per heavy atom. The lowest BCUT2D eigenvalue weighted by atomic mass is 10.1. The Morgan fingerprint density at radius 3 is 2.54 bits per heavy atom. The number of hydrogen-bond acceptors (Lipinski definition) is 2. The van der Waals surface area contributed by atoms with E-state index in [1.54, 1.807) is 36.0 Å². The zero-order valence-electron chi connectivity index (χ0n) is 13.6. The van der Waals surface area contributed by atoms with Crippen LogP contribution in [0.3, 0.4) is 0 Å². The van der Waals surface area contributed by atoms with Crippen LogP contribution >= 0.6 is 11.6 Å². The molecule has 2 aromatic carbocycles. The van der Waals surface area contributed by atoms with Crippen molar-refractivity contribution in [3.63, 3.8) is 0 Å². The van der Waals surface area contributed by atoms with Crippen molar-refractivity contribution in [2.24, 2.45) is 0 Å². The van der Waals surface area contributed by atoms with Gasteiger partial charge in [-0.2, -0.15) is 0 Å². The molecule has 8 heteroatoms. The van der Waals surface area contributed by atoms with Crippen LogP contribution in [-0.2, 0) is 6.54 Å². The molecule has 4 nitrogen and oxygen atoms in total. The van der Waals surface area contributed by atoms with E-state index >= 15 is 0 Å². The molecule has 0 aliphatic carbocycles. The first-order valence-electron chi connectivity index (χ1n) is 7.58. The lowest BCUT2D eigenvalue weighted by molar-refractivity contribution is 0.0950. The van der Waals surface area contributed by atoms with E-state index in [1.807, 2.05) is 0 Å². The number of carbonyl (C=O) groups excluding carboxylic acids is 1. The Hall–Kier alpha value is -2.80. The van der Waals surface area contributed by atoms with Crippen molar-refractivity contribution < 1.29 is 18.0 Å². The maximum atomic E-state index is 14.3. The second kappa shape index (κ2) is 7.21. The van der Waals surface area contributed by atoms with Crippen molar-refractivity contribution in [3.8, 4) is 5.69 Å². The summed E-state index contributed by atoms with van der Waals surface area (Å²) in [5.41, 5.74) is 0.631. The number of rotatable bonds is 4. The summed E-state index contributed by atoms with van der Waals surface area (Å²) >= 11 is 5.76. The van der Waals surface area contributed by atoms with Gasteiger partial charge in [0.25, 0.3) is 5.91 Å². The molecule has 0 unspecified atom stereocenters. The van der Waals surface area contributed by atoms with Gasteiger partial charge in [-0.05, 0) is 36.8 Å². The predicted molar refractivity (Wildman–Crippen MR) is 90.8 cm³/mol. The Bertz CT molecular complexity index is 988. The molecule has 134 valence electrons. The normalized spacial score (nSPS) is 10.8. The number of carbonyl (C=O) groups is 1. The molecule has 0 aliphatic heterocycles. The first-order chi connectivity index (χ1) is 12.4. The molecule has 26 heavy (non-hydrogen) atoms. The van der Waals surface area contributed by atoms with E-state index in [4.69, 9.17) is 11.6 Å². The van der Waals surface area contributed by atoms with Crippen LogP contribution in [0.4, 0.5) is 13.2 Å². The lowest BCUT2D eigenvalue weighted by Gasteiger charge is -2.10. The number of imidazole rings is 1. The minimum Gasteiger partial charge on any atom is -0.348 e. The number of nitrogens with one attached hydrogen (secondary N) is 1.